The second-order valence-electron chi connectivity index (χ2n) is 6.54. The maximum atomic E-state index is 12.4. The number of furan rings is 1. The lowest BCUT2D eigenvalue weighted by Gasteiger charge is -2.27. The molecule has 4 rings (SSSR count). The van der Waals surface area contributed by atoms with E-state index < -0.39 is 0 Å². The van der Waals surface area contributed by atoms with Crippen LogP contribution in [0.15, 0.2) is 58.4 Å². The van der Waals surface area contributed by atoms with Gasteiger partial charge < -0.3 is 19.6 Å². The zero-order valence-electron chi connectivity index (χ0n) is 15.1. The highest BCUT2D eigenvalue weighted by Crippen LogP contribution is 2.23. The third-order valence-corrected chi connectivity index (χ3v) is 5.77. The summed E-state index contributed by atoms with van der Waals surface area (Å²) >= 11 is 1.58. The van der Waals surface area contributed by atoms with Crippen molar-refractivity contribution in [2.24, 2.45) is 7.05 Å². The summed E-state index contributed by atoms with van der Waals surface area (Å²) in [6.45, 7) is 1.46. The molecule has 1 aromatic carbocycles. The molecule has 3 aromatic rings. The summed E-state index contributed by atoms with van der Waals surface area (Å²) in [5, 5.41) is 7.37. The van der Waals surface area contributed by atoms with Crippen LogP contribution in [0.4, 0.5) is 0 Å². The second kappa shape index (κ2) is 8.02. The molecule has 1 aliphatic rings. The summed E-state index contributed by atoms with van der Waals surface area (Å²) in [4.78, 5) is 16.7. The Balaban J connectivity index is 1.33. The largest absolute Gasteiger partial charge is 0.455 e. The number of fused-ring (bicyclic) bond motifs is 1. The van der Waals surface area contributed by atoms with Crippen LogP contribution in [0.3, 0.4) is 0 Å². The lowest BCUT2D eigenvalue weighted by molar-refractivity contribution is 0.0920. The van der Waals surface area contributed by atoms with Gasteiger partial charge in [-0.05, 0) is 36.2 Å². The molecule has 0 saturated heterocycles. The van der Waals surface area contributed by atoms with Gasteiger partial charge in [0.2, 0.25) is 0 Å². The molecule has 2 aromatic heterocycles. The first-order valence-electron chi connectivity index (χ1n) is 8.99. The third kappa shape index (κ3) is 4.09. The van der Waals surface area contributed by atoms with E-state index in [-0.39, 0.29) is 11.9 Å². The predicted octanol–water partition coefficient (Wildman–Crippen LogP) is 2.92. The van der Waals surface area contributed by atoms with Crippen molar-refractivity contribution in [1.29, 1.82) is 0 Å². The first-order valence-corrected chi connectivity index (χ1v) is 9.97. The van der Waals surface area contributed by atoms with Gasteiger partial charge in [-0.2, -0.15) is 0 Å². The minimum absolute atomic E-state index is 0.132. The van der Waals surface area contributed by atoms with E-state index in [0.29, 0.717) is 18.1 Å². The molecule has 1 atom stereocenters. The van der Waals surface area contributed by atoms with E-state index in [1.165, 1.54) is 11.1 Å². The van der Waals surface area contributed by atoms with Crippen molar-refractivity contribution >= 4 is 17.7 Å². The Hall–Kier alpha value is -2.51. The summed E-state index contributed by atoms with van der Waals surface area (Å²) < 4.78 is 7.66. The molecule has 0 fully saturated rings. The number of hydrogen-bond acceptors (Lipinski definition) is 5. The number of rotatable bonds is 6. The Morgan fingerprint density at radius 1 is 1.37 bits per heavy atom. The van der Waals surface area contributed by atoms with Gasteiger partial charge in [0.25, 0.3) is 5.91 Å². The first kappa shape index (κ1) is 17.9. The molecule has 3 heterocycles. The van der Waals surface area contributed by atoms with Gasteiger partial charge >= 0.3 is 0 Å². The molecule has 140 valence electrons. The Labute approximate surface area is 162 Å². The summed E-state index contributed by atoms with van der Waals surface area (Å²) in [6.07, 6.45) is 4.69. The molecule has 0 aliphatic carbocycles. The molecule has 6 nitrogen and oxygen atoms in total. The molecule has 27 heavy (non-hydrogen) atoms. The van der Waals surface area contributed by atoms with Crippen LogP contribution in [0.1, 0.15) is 33.5 Å². The number of aryl methyl sites for hydroxylation is 1. The normalized spacial score (nSPS) is 16.1. The van der Waals surface area contributed by atoms with Crippen LogP contribution in [0.25, 0.3) is 0 Å². The molecule has 7 heteroatoms. The minimum atomic E-state index is -0.187. The quantitative estimate of drug-likeness (QED) is 0.642. The number of benzene rings is 1. The molecule has 0 radical (unpaired) electrons. The van der Waals surface area contributed by atoms with Crippen LogP contribution < -0.4 is 10.6 Å². The fraction of sp³-hybridized carbons (Fsp3) is 0.300. The highest BCUT2D eigenvalue weighted by Gasteiger charge is 2.20. The fourth-order valence-electron chi connectivity index (χ4n) is 3.26. The van der Waals surface area contributed by atoms with Crippen molar-refractivity contribution in [2.75, 3.05) is 13.1 Å². The molecule has 2 N–H and O–H groups in total. The molecule has 1 aliphatic heterocycles. The monoisotopic (exact) mass is 382 g/mol. The third-order valence-electron chi connectivity index (χ3n) is 4.69. The summed E-state index contributed by atoms with van der Waals surface area (Å²) in [5.74, 6) is 1.55. The smallest absolute Gasteiger partial charge is 0.287 e. The number of nitrogens with one attached hydrogen (secondary N) is 2. The van der Waals surface area contributed by atoms with Crippen molar-refractivity contribution in [3.8, 4) is 0 Å². The summed E-state index contributed by atoms with van der Waals surface area (Å²) in [6, 6.07) is 12.1. The summed E-state index contributed by atoms with van der Waals surface area (Å²) in [7, 11) is 1.95. The highest BCUT2D eigenvalue weighted by atomic mass is 32.2. The molecule has 0 saturated carbocycles. The Morgan fingerprint density at radius 3 is 3.11 bits per heavy atom. The topological polar surface area (TPSA) is 72.1 Å². The van der Waals surface area contributed by atoms with Gasteiger partial charge in [-0.1, -0.05) is 36.0 Å². The van der Waals surface area contributed by atoms with E-state index in [1.54, 1.807) is 24.0 Å². The van der Waals surface area contributed by atoms with Crippen LogP contribution in [0.5, 0.6) is 0 Å². The maximum absolute atomic E-state index is 12.4. The van der Waals surface area contributed by atoms with Crippen molar-refractivity contribution in [3.05, 3.63) is 71.4 Å². The van der Waals surface area contributed by atoms with Gasteiger partial charge in [0.1, 0.15) is 5.76 Å². The van der Waals surface area contributed by atoms with E-state index >= 15 is 0 Å². The zero-order chi connectivity index (χ0) is 18.6. The number of hydrogen-bond donors (Lipinski definition) is 2. The molecule has 1 amide bonds. The molecule has 0 spiro atoms. The molecule has 0 bridgehead atoms. The van der Waals surface area contributed by atoms with E-state index in [9.17, 15) is 4.79 Å². The van der Waals surface area contributed by atoms with Crippen LogP contribution in [-0.2, 0) is 19.2 Å². The number of imidazole rings is 1. The minimum Gasteiger partial charge on any atom is -0.455 e. The number of carbonyl (C=O) groups is 1. The van der Waals surface area contributed by atoms with Crippen molar-refractivity contribution in [3.63, 3.8) is 0 Å². The van der Waals surface area contributed by atoms with E-state index in [2.05, 4.69) is 33.8 Å². The summed E-state index contributed by atoms with van der Waals surface area (Å²) in [5.41, 5.74) is 2.61. The molecular formula is C20H22N4O2S. The lowest BCUT2D eigenvalue weighted by Crippen LogP contribution is -2.38. The predicted molar refractivity (Wildman–Crippen MR) is 105 cm³/mol. The van der Waals surface area contributed by atoms with Crippen LogP contribution in [0, 0.1) is 0 Å². The molecule has 1 unspecified atom stereocenters. The van der Waals surface area contributed by atoms with Gasteiger partial charge in [0, 0.05) is 32.0 Å². The Morgan fingerprint density at radius 2 is 2.26 bits per heavy atom. The van der Waals surface area contributed by atoms with Gasteiger partial charge in [0.15, 0.2) is 10.9 Å². The number of amides is 1. The number of nitrogens with zero attached hydrogens (tertiary/aromatic N) is 2. The van der Waals surface area contributed by atoms with Crippen LogP contribution >= 0.6 is 11.8 Å². The highest BCUT2D eigenvalue weighted by molar-refractivity contribution is 7.98. The Kier molecular flexibility index (Phi) is 5.31. The molecular weight excluding hydrogens is 360 g/mol. The standard InChI is InChI=1S/C20H22N4O2S/c1-24-11-10-22-20(24)27-13-15-6-7-18(26-15)19(25)23-12-17-16-5-3-2-4-14(16)8-9-21-17/h2-7,10-11,17,21H,8-9,12-13H2,1H3,(H,23,25). The Bertz CT molecular complexity index is 933. The van der Waals surface area contributed by atoms with Gasteiger partial charge in [-0.3, -0.25) is 4.79 Å². The zero-order valence-corrected chi connectivity index (χ0v) is 16.0. The fourth-order valence-corrected chi connectivity index (χ4v) is 4.09. The lowest BCUT2D eigenvalue weighted by atomic mass is 9.94. The maximum Gasteiger partial charge on any atom is 0.287 e. The number of thioether (sulfide) groups is 1. The first-order chi connectivity index (χ1) is 13.2. The number of carbonyl (C=O) groups excluding carboxylic acids is 1. The van der Waals surface area contributed by atoms with Gasteiger partial charge in [-0.15, -0.1) is 0 Å². The van der Waals surface area contributed by atoms with E-state index in [1.807, 2.05) is 29.9 Å². The van der Waals surface area contributed by atoms with E-state index in [0.717, 1.165) is 23.9 Å². The van der Waals surface area contributed by atoms with E-state index in [4.69, 9.17) is 4.42 Å². The average molecular weight is 382 g/mol. The van der Waals surface area contributed by atoms with Crippen LogP contribution in [0.2, 0.25) is 0 Å². The average Bonchev–Trinajstić information content (AvgIpc) is 3.33. The van der Waals surface area contributed by atoms with Crippen LogP contribution in [-0.4, -0.2) is 28.5 Å². The van der Waals surface area contributed by atoms with Crippen molar-refractivity contribution in [2.45, 2.75) is 23.4 Å². The van der Waals surface area contributed by atoms with Gasteiger partial charge in [0.05, 0.1) is 5.75 Å². The van der Waals surface area contributed by atoms with Crippen molar-refractivity contribution < 1.29 is 9.21 Å². The van der Waals surface area contributed by atoms with Crippen molar-refractivity contribution in [1.82, 2.24) is 20.2 Å². The second-order valence-corrected chi connectivity index (χ2v) is 7.48. The van der Waals surface area contributed by atoms with Gasteiger partial charge in [-0.25, -0.2) is 4.98 Å². The SMILES string of the molecule is Cn1ccnc1SCc1ccc(C(=O)NCC2NCCc3ccccc32)o1. The number of aromatic nitrogens is 2.